The Morgan fingerprint density at radius 2 is 1.63 bits per heavy atom. The van der Waals surface area contributed by atoms with Crippen molar-refractivity contribution < 1.29 is 0 Å². The van der Waals surface area contributed by atoms with Crippen LogP contribution >= 0.6 is 0 Å². The van der Waals surface area contributed by atoms with E-state index in [4.69, 9.17) is 0 Å². The molecule has 2 aromatic carbocycles. The topological polar surface area (TPSA) is 12.0 Å². The number of nitrogens with one attached hydrogen (secondary N) is 1. The average Bonchev–Trinajstić information content (AvgIpc) is 2.43. The van der Waals surface area contributed by atoms with Gasteiger partial charge in [-0.15, -0.1) is 0 Å². The molecule has 19 heavy (non-hydrogen) atoms. The fourth-order valence-electron chi connectivity index (χ4n) is 2.82. The predicted molar refractivity (Wildman–Crippen MR) is 84.4 cm³/mol. The highest BCUT2D eigenvalue weighted by Gasteiger charge is 2.16. The zero-order valence-corrected chi connectivity index (χ0v) is 12.5. The predicted octanol–water partition coefficient (Wildman–Crippen LogP) is 4.93. The SMILES string of the molecule is CCC(NC(C)c1cccc2ccccc12)C(C)C. The van der Waals surface area contributed by atoms with Gasteiger partial charge in [-0.05, 0) is 35.6 Å². The highest BCUT2D eigenvalue weighted by Crippen LogP contribution is 2.25. The maximum Gasteiger partial charge on any atom is 0.0300 e. The monoisotopic (exact) mass is 255 g/mol. The zero-order chi connectivity index (χ0) is 13.8. The van der Waals surface area contributed by atoms with Crippen LogP contribution in [0.25, 0.3) is 10.8 Å². The molecule has 2 atom stereocenters. The summed E-state index contributed by atoms with van der Waals surface area (Å²) >= 11 is 0. The van der Waals surface area contributed by atoms with Crippen molar-refractivity contribution >= 4 is 10.8 Å². The number of benzene rings is 2. The van der Waals surface area contributed by atoms with E-state index in [2.05, 4.69) is 75.5 Å². The van der Waals surface area contributed by atoms with E-state index in [1.807, 2.05) is 0 Å². The lowest BCUT2D eigenvalue weighted by Crippen LogP contribution is -2.35. The molecule has 2 rings (SSSR count). The highest BCUT2D eigenvalue weighted by atomic mass is 14.9. The molecule has 0 amide bonds. The first kappa shape index (κ1) is 14.1. The molecule has 0 fully saturated rings. The van der Waals surface area contributed by atoms with Gasteiger partial charge in [-0.2, -0.15) is 0 Å². The van der Waals surface area contributed by atoms with Crippen LogP contribution in [0.15, 0.2) is 42.5 Å². The van der Waals surface area contributed by atoms with Crippen LogP contribution < -0.4 is 5.32 Å². The first-order valence-electron chi connectivity index (χ1n) is 7.37. The molecule has 0 aliphatic carbocycles. The quantitative estimate of drug-likeness (QED) is 0.799. The second-order valence-corrected chi connectivity index (χ2v) is 5.72. The van der Waals surface area contributed by atoms with Gasteiger partial charge in [0.1, 0.15) is 0 Å². The average molecular weight is 255 g/mol. The molecule has 1 N–H and O–H groups in total. The summed E-state index contributed by atoms with van der Waals surface area (Å²) in [5, 5.41) is 6.46. The van der Waals surface area contributed by atoms with Crippen LogP contribution in [0.4, 0.5) is 0 Å². The summed E-state index contributed by atoms with van der Waals surface area (Å²) in [6, 6.07) is 16.2. The molecule has 1 nitrogen and oxygen atoms in total. The molecule has 0 aliphatic heterocycles. The van der Waals surface area contributed by atoms with Gasteiger partial charge < -0.3 is 5.32 Å². The Bertz CT molecular complexity index is 525. The molecular weight excluding hydrogens is 230 g/mol. The Kier molecular flexibility index (Phi) is 4.60. The molecule has 0 bridgehead atoms. The van der Waals surface area contributed by atoms with Crippen LogP contribution in [0.2, 0.25) is 0 Å². The summed E-state index contributed by atoms with van der Waals surface area (Å²) in [5.74, 6) is 0.669. The highest BCUT2D eigenvalue weighted by molar-refractivity contribution is 5.86. The van der Waals surface area contributed by atoms with Crippen molar-refractivity contribution in [2.45, 2.75) is 46.2 Å². The third-order valence-electron chi connectivity index (χ3n) is 4.00. The van der Waals surface area contributed by atoms with Gasteiger partial charge in [0.05, 0.1) is 0 Å². The second kappa shape index (κ2) is 6.21. The van der Waals surface area contributed by atoms with E-state index in [1.54, 1.807) is 0 Å². The van der Waals surface area contributed by atoms with Gasteiger partial charge in [-0.25, -0.2) is 0 Å². The Balaban J connectivity index is 2.28. The minimum absolute atomic E-state index is 0.387. The van der Waals surface area contributed by atoms with Gasteiger partial charge in [-0.3, -0.25) is 0 Å². The van der Waals surface area contributed by atoms with E-state index in [-0.39, 0.29) is 0 Å². The van der Waals surface area contributed by atoms with Crippen molar-refractivity contribution in [1.82, 2.24) is 5.32 Å². The minimum Gasteiger partial charge on any atom is -0.307 e. The van der Waals surface area contributed by atoms with Crippen molar-refractivity contribution in [3.63, 3.8) is 0 Å². The zero-order valence-electron chi connectivity index (χ0n) is 12.5. The molecule has 2 unspecified atom stereocenters. The van der Waals surface area contributed by atoms with Gasteiger partial charge >= 0.3 is 0 Å². The third kappa shape index (κ3) is 3.16. The minimum atomic E-state index is 0.387. The summed E-state index contributed by atoms with van der Waals surface area (Å²) in [6.07, 6.45) is 1.17. The van der Waals surface area contributed by atoms with Crippen molar-refractivity contribution in [2.75, 3.05) is 0 Å². The fourth-order valence-corrected chi connectivity index (χ4v) is 2.82. The van der Waals surface area contributed by atoms with Gasteiger partial charge in [0.2, 0.25) is 0 Å². The molecule has 2 aromatic rings. The van der Waals surface area contributed by atoms with Crippen LogP contribution in [0.5, 0.6) is 0 Å². The molecule has 0 heterocycles. The molecule has 0 spiro atoms. The van der Waals surface area contributed by atoms with E-state index in [0.717, 1.165) is 0 Å². The van der Waals surface area contributed by atoms with Crippen molar-refractivity contribution in [3.8, 4) is 0 Å². The van der Waals surface area contributed by atoms with Crippen LogP contribution in [-0.4, -0.2) is 6.04 Å². The van der Waals surface area contributed by atoms with Gasteiger partial charge in [0.25, 0.3) is 0 Å². The maximum atomic E-state index is 3.77. The van der Waals surface area contributed by atoms with E-state index < -0.39 is 0 Å². The Labute approximate surface area is 117 Å². The summed E-state index contributed by atoms with van der Waals surface area (Å²) in [4.78, 5) is 0. The Morgan fingerprint density at radius 1 is 0.947 bits per heavy atom. The van der Waals surface area contributed by atoms with Gasteiger partial charge in [0.15, 0.2) is 0 Å². The first-order valence-corrected chi connectivity index (χ1v) is 7.37. The number of hydrogen-bond acceptors (Lipinski definition) is 1. The third-order valence-corrected chi connectivity index (χ3v) is 4.00. The fraction of sp³-hybridized carbons (Fsp3) is 0.444. The molecule has 0 saturated heterocycles. The smallest absolute Gasteiger partial charge is 0.0300 e. The van der Waals surface area contributed by atoms with Crippen molar-refractivity contribution in [2.24, 2.45) is 5.92 Å². The van der Waals surface area contributed by atoms with E-state index in [0.29, 0.717) is 18.0 Å². The molecule has 0 radical (unpaired) electrons. The van der Waals surface area contributed by atoms with Crippen molar-refractivity contribution in [3.05, 3.63) is 48.0 Å². The Morgan fingerprint density at radius 3 is 2.32 bits per heavy atom. The second-order valence-electron chi connectivity index (χ2n) is 5.72. The number of fused-ring (bicyclic) bond motifs is 1. The van der Waals surface area contributed by atoms with Gasteiger partial charge in [0, 0.05) is 12.1 Å². The summed E-state index contributed by atoms with van der Waals surface area (Å²) in [6.45, 7) is 9.11. The van der Waals surface area contributed by atoms with Crippen LogP contribution in [0.3, 0.4) is 0 Å². The lowest BCUT2D eigenvalue weighted by Gasteiger charge is -2.26. The maximum absolute atomic E-state index is 3.77. The summed E-state index contributed by atoms with van der Waals surface area (Å²) in [5.41, 5.74) is 1.40. The lowest BCUT2D eigenvalue weighted by molar-refractivity contribution is 0.356. The van der Waals surface area contributed by atoms with Gasteiger partial charge in [-0.1, -0.05) is 63.2 Å². The van der Waals surface area contributed by atoms with Crippen LogP contribution in [0, 0.1) is 5.92 Å². The Hall–Kier alpha value is -1.34. The number of rotatable bonds is 5. The molecule has 0 saturated carbocycles. The first-order chi connectivity index (χ1) is 9.13. The molecular formula is C18H25N. The molecule has 0 aromatic heterocycles. The van der Waals surface area contributed by atoms with E-state index in [1.165, 1.54) is 22.8 Å². The van der Waals surface area contributed by atoms with E-state index >= 15 is 0 Å². The standard InChI is InChI=1S/C18H25N/c1-5-18(13(2)3)19-14(4)16-12-8-10-15-9-6-7-11-17(15)16/h6-14,18-19H,5H2,1-4H3. The molecule has 102 valence electrons. The largest absolute Gasteiger partial charge is 0.307 e. The molecule has 1 heteroatoms. The van der Waals surface area contributed by atoms with Crippen molar-refractivity contribution in [1.29, 1.82) is 0 Å². The van der Waals surface area contributed by atoms with Crippen LogP contribution in [-0.2, 0) is 0 Å². The summed E-state index contributed by atoms with van der Waals surface area (Å²) in [7, 11) is 0. The van der Waals surface area contributed by atoms with Crippen LogP contribution in [0.1, 0.15) is 45.7 Å². The normalized spacial score (nSPS) is 14.8. The summed E-state index contributed by atoms with van der Waals surface area (Å²) < 4.78 is 0. The lowest BCUT2D eigenvalue weighted by atomic mass is 9.96. The molecule has 0 aliphatic rings. The number of hydrogen-bond donors (Lipinski definition) is 1. The van der Waals surface area contributed by atoms with E-state index in [9.17, 15) is 0 Å².